The number of benzene rings is 1. The van der Waals surface area contributed by atoms with Gasteiger partial charge in [-0.2, -0.15) is 5.26 Å². The third-order valence-electron chi connectivity index (χ3n) is 5.09. The van der Waals surface area contributed by atoms with Crippen molar-refractivity contribution >= 4 is 28.3 Å². The third-order valence-corrected chi connectivity index (χ3v) is 5.85. The van der Waals surface area contributed by atoms with E-state index < -0.39 is 17.4 Å². The molecule has 0 spiro atoms. The number of halogens is 1. The summed E-state index contributed by atoms with van der Waals surface area (Å²) in [5.74, 6) is -0.683. The molecule has 1 aliphatic rings. The van der Waals surface area contributed by atoms with Crippen LogP contribution < -0.4 is 15.4 Å². The summed E-state index contributed by atoms with van der Waals surface area (Å²) in [6, 6.07) is 6.89. The lowest BCUT2D eigenvalue weighted by atomic mass is 10.1. The van der Waals surface area contributed by atoms with Crippen LogP contribution in [0.4, 0.5) is 9.52 Å². The molecule has 0 fully saturated rings. The van der Waals surface area contributed by atoms with Crippen LogP contribution in [-0.4, -0.2) is 34.5 Å². The first-order chi connectivity index (χ1) is 15.3. The predicted octanol–water partition coefficient (Wildman–Crippen LogP) is 3.31. The molecule has 0 unspecified atom stereocenters. The van der Waals surface area contributed by atoms with E-state index in [1.54, 1.807) is 48.3 Å². The van der Waals surface area contributed by atoms with Crippen LogP contribution >= 0.6 is 11.3 Å². The Kier molecular flexibility index (Phi) is 5.67. The van der Waals surface area contributed by atoms with Crippen molar-refractivity contribution in [2.75, 3.05) is 18.5 Å². The number of hydrogen-bond acceptors (Lipinski definition) is 6. The maximum absolute atomic E-state index is 14.2. The van der Waals surface area contributed by atoms with Crippen molar-refractivity contribution in [1.82, 2.24) is 14.9 Å². The second-order valence-corrected chi connectivity index (χ2v) is 8.64. The molecule has 2 N–H and O–H groups in total. The van der Waals surface area contributed by atoms with Gasteiger partial charge in [0.05, 0.1) is 30.5 Å². The summed E-state index contributed by atoms with van der Waals surface area (Å²) in [7, 11) is 0. The number of amides is 2. The number of fused-ring (bicyclic) bond motifs is 1. The molecule has 32 heavy (non-hydrogen) atoms. The topological polar surface area (TPSA) is 109 Å². The monoisotopic (exact) mass is 453 g/mol. The summed E-state index contributed by atoms with van der Waals surface area (Å²) >= 11 is 1.20. The number of nitrogens with one attached hydrogen (secondary N) is 2. The smallest absolute Gasteiger partial charge is 0.253 e. The van der Waals surface area contributed by atoms with Gasteiger partial charge in [0.2, 0.25) is 5.91 Å². The van der Waals surface area contributed by atoms with Crippen LogP contribution in [0.2, 0.25) is 0 Å². The SMILES string of the molecule is CC(C)(C#N)n1ccc(C(=O)NCC(=O)Nc2nc(-c3cc(F)c4c(c3)OCC4)cs2)c1. The van der Waals surface area contributed by atoms with Crippen LogP contribution in [-0.2, 0) is 16.8 Å². The fraction of sp³-hybridized carbons (Fsp3) is 0.273. The molecular weight excluding hydrogens is 433 g/mol. The Hall–Kier alpha value is -3.71. The summed E-state index contributed by atoms with van der Waals surface area (Å²) in [6.45, 7) is 3.67. The second-order valence-electron chi connectivity index (χ2n) is 7.78. The highest BCUT2D eigenvalue weighted by atomic mass is 32.1. The van der Waals surface area contributed by atoms with Gasteiger partial charge in [-0.05, 0) is 32.0 Å². The van der Waals surface area contributed by atoms with Crippen molar-refractivity contribution < 1.29 is 18.7 Å². The van der Waals surface area contributed by atoms with Gasteiger partial charge in [-0.1, -0.05) is 0 Å². The first-order valence-corrected chi connectivity index (χ1v) is 10.7. The number of aromatic nitrogens is 2. The Morgan fingerprint density at radius 3 is 3.00 bits per heavy atom. The van der Waals surface area contributed by atoms with Crippen molar-refractivity contribution in [3.05, 3.63) is 52.9 Å². The van der Waals surface area contributed by atoms with E-state index in [1.165, 1.54) is 17.4 Å². The fourth-order valence-electron chi connectivity index (χ4n) is 3.22. The average Bonchev–Trinajstić information content (AvgIpc) is 3.52. The number of ether oxygens (including phenoxy) is 1. The lowest BCUT2D eigenvalue weighted by Gasteiger charge is -2.17. The number of hydrogen-bond donors (Lipinski definition) is 2. The maximum Gasteiger partial charge on any atom is 0.253 e. The fourth-order valence-corrected chi connectivity index (χ4v) is 3.96. The molecule has 0 saturated heterocycles. The lowest BCUT2D eigenvalue weighted by molar-refractivity contribution is -0.115. The van der Waals surface area contributed by atoms with Crippen molar-refractivity contribution in [2.45, 2.75) is 25.8 Å². The maximum atomic E-state index is 14.2. The van der Waals surface area contributed by atoms with Crippen LogP contribution in [0, 0.1) is 17.1 Å². The molecule has 0 radical (unpaired) electrons. The van der Waals surface area contributed by atoms with E-state index in [2.05, 4.69) is 21.7 Å². The van der Waals surface area contributed by atoms with Crippen LogP contribution in [0.25, 0.3) is 11.3 Å². The van der Waals surface area contributed by atoms with E-state index >= 15 is 0 Å². The largest absolute Gasteiger partial charge is 0.493 e. The molecule has 3 heterocycles. The molecule has 4 rings (SSSR count). The van der Waals surface area contributed by atoms with Crippen molar-refractivity contribution in [3.63, 3.8) is 0 Å². The number of nitrogens with zero attached hydrogens (tertiary/aromatic N) is 3. The van der Waals surface area contributed by atoms with Crippen molar-refractivity contribution in [2.24, 2.45) is 0 Å². The van der Waals surface area contributed by atoms with E-state index in [4.69, 9.17) is 4.74 Å². The number of nitriles is 1. The molecule has 0 bridgehead atoms. The van der Waals surface area contributed by atoms with E-state index in [-0.39, 0.29) is 12.4 Å². The number of anilines is 1. The van der Waals surface area contributed by atoms with Gasteiger partial charge >= 0.3 is 0 Å². The molecule has 2 aromatic heterocycles. The number of rotatable bonds is 6. The zero-order valence-corrected chi connectivity index (χ0v) is 18.3. The van der Waals surface area contributed by atoms with Gasteiger partial charge in [-0.3, -0.25) is 9.59 Å². The van der Waals surface area contributed by atoms with Crippen LogP contribution in [0.5, 0.6) is 5.75 Å². The van der Waals surface area contributed by atoms with Gasteiger partial charge in [0.25, 0.3) is 5.91 Å². The summed E-state index contributed by atoms with van der Waals surface area (Å²) in [5.41, 5.74) is 1.22. The Labute approximate surface area is 187 Å². The highest BCUT2D eigenvalue weighted by molar-refractivity contribution is 7.14. The summed E-state index contributed by atoms with van der Waals surface area (Å²) in [6.07, 6.45) is 3.75. The number of thiazole rings is 1. The van der Waals surface area contributed by atoms with Gasteiger partial charge in [-0.15, -0.1) is 11.3 Å². The minimum atomic E-state index is -0.785. The van der Waals surface area contributed by atoms with Crippen molar-refractivity contribution in [3.8, 4) is 23.1 Å². The number of carbonyl (C=O) groups is 2. The molecule has 0 atom stereocenters. The van der Waals surface area contributed by atoms with Gasteiger partial charge in [0.15, 0.2) is 5.13 Å². The Bertz CT molecular complexity index is 1240. The molecule has 3 aromatic rings. The van der Waals surface area contributed by atoms with Crippen LogP contribution in [0.3, 0.4) is 0 Å². The highest BCUT2D eigenvalue weighted by Gasteiger charge is 2.21. The van der Waals surface area contributed by atoms with E-state index in [9.17, 15) is 19.2 Å². The molecule has 0 aliphatic carbocycles. The number of carbonyl (C=O) groups excluding carboxylic acids is 2. The molecule has 1 aromatic carbocycles. The Morgan fingerprint density at radius 1 is 1.41 bits per heavy atom. The second kappa shape index (κ2) is 8.43. The van der Waals surface area contributed by atoms with Gasteiger partial charge < -0.3 is 19.9 Å². The molecule has 164 valence electrons. The zero-order chi connectivity index (χ0) is 22.9. The predicted molar refractivity (Wildman–Crippen MR) is 117 cm³/mol. The first-order valence-electron chi connectivity index (χ1n) is 9.86. The first kappa shape index (κ1) is 21.5. The van der Waals surface area contributed by atoms with Crippen LogP contribution in [0.15, 0.2) is 36.0 Å². The summed E-state index contributed by atoms with van der Waals surface area (Å²) in [5, 5.41) is 16.4. The standard InChI is InChI=1S/C22H20FN5O3S/c1-22(2,12-24)28-5-3-13(10-28)20(30)25-9-19(29)27-21-26-17(11-32-21)14-7-16(23)15-4-6-31-18(15)8-14/h3,5,7-8,10-11H,4,6,9H2,1-2H3,(H,25,30)(H,26,27,29). The summed E-state index contributed by atoms with van der Waals surface area (Å²) in [4.78, 5) is 28.9. The van der Waals surface area contributed by atoms with Gasteiger partial charge in [0.1, 0.15) is 17.1 Å². The molecule has 10 heteroatoms. The third kappa shape index (κ3) is 4.33. The van der Waals surface area contributed by atoms with E-state index in [0.29, 0.717) is 46.3 Å². The highest BCUT2D eigenvalue weighted by Crippen LogP contribution is 2.34. The molecule has 8 nitrogen and oxygen atoms in total. The minimum absolute atomic E-state index is 0.248. The average molecular weight is 453 g/mol. The van der Waals surface area contributed by atoms with Crippen LogP contribution in [0.1, 0.15) is 29.8 Å². The van der Waals surface area contributed by atoms with Crippen molar-refractivity contribution in [1.29, 1.82) is 5.26 Å². The molecule has 2 amide bonds. The van der Waals surface area contributed by atoms with Gasteiger partial charge in [-0.25, -0.2) is 9.37 Å². The zero-order valence-electron chi connectivity index (χ0n) is 17.4. The normalized spacial score (nSPS) is 12.6. The molecule has 1 aliphatic heterocycles. The Morgan fingerprint density at radius 2 is 2.22 bits per heavy atom. The quantitative estimate of drug-likeness (QED) is 0.595. The minimum Gasteiger partial charge on any atom is -0.493 e. The summed E-state index contributed by atoms with van der Waals surface area (Å²) < 4.78 is 21.3. The molecule has 0 saturated carbocycles. The lowest BCUT2D eigenvalue weighted by Crippen LogP contribution is -2.32. The Balaban J connectivity index is 1.35. The molecular formula is C22H20FN5O3S. The van der Waals surface area contributed by atoms with E-state index in [1.807, 2.05) is 0 Å². The van der Waals surface area contributed by atoms with E-state index in [0.717, 1.165) is 0 Å². The van der Waals surface area contributed by atoms with Gasteiger partial charge in [0, 0.05) is 35.3 Å².